The first-order valence-electron chi connectivity index (χ1n) is 5.82. The first-order chi connectivity index (χ1) is 9.36. The Balaban J connectivity index is 2.61. The molecule has 0 aliphatic rings. The predicted octanol–water partition coefficient (Wildman–Crippen LogP) is 1.66. The summed E-state index contributed by atoms with van der Waals surface area (Å²) in [6, 6.07) is 4.37. The molecule has 0 fully saturated rings. The van der Waals surface area contributed by atoms with Gasteiger partial charge in [-0.25, -0.2) is 8.42 Å². The molecule has 2 rings (SSSR count). The van der Waals surface area contributed by atoms with Gasteiger partial charge in [-0.1, -0.05) is 5.16 Å². The lowest BCUT2D eigenvalue weighted by Gasteiger charge is -2.13. The number of rotatable bonds is 4. The molecule has 1 aromatic carbocycles. The van der Waals surface area contributed by atoms with Crippen LogP contribution in [0.25, 0.3) is 0 Å². The quantitative estimate of drug-likeness (QED) is 0.863. The summed E-state index contributed by atoms with van der Waals surface area (Å²) in [4.78, 5) is 12.4. The van der Waals surface area contributed by atoms with Crippen LogP contribution in [-0.2, 0) is 9.84 Å². The van der Waals surface area contributed by atoms with E-state index in [1.807, 2.05) is 0 Å². The van der Waals surface area contributed by atoms with Crippen LogP contribution in [-0.4, -0.2) is 32.7 Å². The van der Waals surface area contributed by atoms with Crippen LogP contribution in [0.1, 0.15) is 21.6 Å². The van der Waals surface area contributed by atoms with Gasteiger partial charge >= 0.3 is 0 Å². The third-order valence-electron chi connectivity index (χ3n) is 2.99. The zero-order valence-electron chi connectivity index (χ0n) is 11.3. The maximum Gasteiger partial charge on any atom is 0.215 e. The zero-order valence-corrected chi connectivity index (χ0v) is 12.1. The van der Waals surface area contributed by atoms with Crippen molar-refractivity contribution in [3.8, 4) is 0 Å². The van der Waals surface area contributed by atoms with Gasteiger partial charge in [-0.3, -0.25) is 4.79 Å². The Morgan fingerprint density at radius 2 is 2.00 bits per heavy atom. The number of anilines is 1. The molecule has 6 nitrogen and oxygen atoms in total. The molecule has 0 saturated carbocycles. The van der Waals surface area contributed by atoms with Crippen LogP contribution in [0.15, 0.2) is 33.9 Å². The van der Waals surface area contributed by atoms with Crippen molar-refractivity contribution in [1.82, 2.24) is 5.16 Å². The number of aromatic nitrogens is 1. The van der Waals surface area contributed by atoms with Crippen molar-refractivity contribution in [2.45, 2.75) is 11.8 Å². The average molecular weight is 294 g/mol. The van der Waals surface area contributed by atoms with E-state index < -0.39 is 9.84 Å². The molecular weight excluding hydrogens is 280 g/mol. The number of nitrogens with zero attached hydrogens (tertiary/aromatic N) is 1. The van der Waals surface area contributed by atoms with Crippen molar-refractivity contribution in [3.63, 3.8) is 0 Å². The first kappa shape index (κ1) is 14.3. The highest BCUT2D eigenvalue weighted by Gasteiger charge is 2.21. The molecule has 1 N–H and O–H groups in total. The van der Waals surface area contributed by atoms with Gasteiger partial charge in [0.2, 0.25) is 5.78 Å². The Labute approximate surface area is 116 Å². The third kappa shape index (κ3) is 2.44. The van der Waals surface area contributed by atoms with Crippen molar-refractivity contribution in [3.05, 3.63) is 41.3 Å². The number of nitrogens with one attached hydrogen (secondary N) is 1. The van der Waals surface area contributed by atoms with E-state index in [4.69, 9.17) is 0 Å². The number of hydrogen-bond acceptors (Lipinski definition) is 6. The molecule has 0 atom stereocenters. The summed E-state index contributed by atoms with van der Waals surface area (Å²) in [6.07, 6.45) is 2.44. The molecule has 0 unspecified atom stereocenters. The highest BCUT2D eigenvalue weighted by atomic mass is 32.2. The number of carbonyl (C=O) groups is 1. The van der Waals surface area contributed by atoms with Crippen LogP contribution >= 0.6 is 0 Å². The van der Waals surface area contributed by atoms with Gasteiger partial charge in [0.1, 0.15) is 6.26 Å². The molecule has 2 aromatic rings. The minimum absolute atomic E-state index is 0.161. The fourth-order valence-electron chi connectivity index (χ4n) is 2.02. The van der Waals surface area contributed by atoms with E-state index in [1.165, 1.54) is 24.5 Å². The van der Waals surface area contributed by atoms with Gasteiger partial charge in [-0.15, -0.1) is 0 Å². The largest absolute Gasteiger partial charge is 0.387 e. The van der Waals surface area contributed by atoms with Crippen molar-refractivity contribution in [2.24, 2.45) is 0 Å². The Kier molecular flexibility index (Phi) is 3.63. The van der Waals surface area contributed by atoms with E-state index in [0.717, 1.165) is 6.26 Å². The summed E-state index contributed by atoms with van der Waals surface area (Å²) < 4.78 is 28.1. The smallest absolute Gasteiger partial charge is 0.215 e. The molecule has 20 heavy (non-hydrogen) atoms. The Morgan fingerprint density at radius 3 is 2.50 bits per heavy atom. The van der Waals surface area contributed by atoms with Gasteiger partial charge in [0, 0.05) is 24.9 Å². The Morgan fingerprint density at radius 1 is 1.30 bits per heavy atom. The third-order valence-corrected chi connectivity index (χ3v) is 4.13. The highest BCUT2D eigenvalue weighted by Crippen LogP contribution is 2.28. The van der Waals surface area contributed by atoms with Crippen molar-refractivity contribution >= 4 is 21.3 Å². The maximum absolute atomic E-state index is 12.3. The molecule has 0 aliphatic carbocycles. The van der Waals surface area contributed by atoms with Crippen LogP contribution in [0.2, 0.25) is 0 Å². The predicted molar refractivity (Wildman–Crippen MR) is 73.8 cm³/mol. The standard InChI is InChI=1S/C13H14N2O4S/c1-8-9(13(16)10-6-7-19-15-10)4-5-11(12(8)14-2)20(3,17)18/h4-7,14H,1-3H3. The summed E-state index contributed by atoms with van der Waals surface area (Å²) >= 11 is 0. The highest BCUT2D eigenvalue weighted by molar-refractivity contribution is 7.90. The summed E-state index contributed by atoms with van der Waals surface area (Å²) in [7, 11) is -1.76. The topological polar surface area (TPSA) is 89.3 Å². The van der Waals surface area contributed by atoms with Gasteiger partial charge in [-0.2, -0.15) is 0 Å². The fraction of sp³-hybridized carbons (Fsp3) is 0.231. The van der Waals surface area contributed by atoms with E-state index in [2.05, 4.69) is 15.0 Å². The molecule has 0 amide bonds. The number of benzene rings is 1. The SMILES string of the molecule is CNc1c(S(C)(=O)=O)ccc(C(=O)c2ccon2)c1C. The van der Waals surface area contributed by atoms with Crippen molar-refractivity contribution in [2.75, 3.05) is 18.6 Å². The summed E-state index contributed by atoms with van der Waals surface area (Å²) in [5, 5.41) is 6.43. The summed E-state index contributed by atoms with van der Waals surface area (Å²) in [5.41, 5.74) is 1.54. The van der Waals surface area contributed by atoms with Crippen LogP contribution in [0.4, 0.5) is 5.69 Å². The van der Waals surface area contributed by atoms with Crippen LogP contribution in [0.5, 0.6) is 0 Å². The van der Waals surface area contributed by atoms with Gasteiger partial charge < -0.3 is 9.84 Å². The Hall–Kier alpha value is -2.15. The molecule has 0 bridgehead atoms. The number of hydrogen-bond donors (Lipinski definition) is 1. The van der Waals surface area contributed by atoms with E-state index >= 15 is 0 Å². The summed E-state index contributed by atoms with van der Waals surface area (Å²) in [5.74, 6) is -0.312. The molecule has 7 heteroatoms. The van der Waals surface area contributed by atoms with Crippen LogP contribution in [0.3, 0.4) is 0 Å². The fourth-order valence-corrected chi connectivity index (χ4v) is 2.96. The van der Waals surface area contributed by atoms with Crippen LogP contribution < -0.4 is 5.32 Å². The number of ketones is 1. The molecule has 0 spiro atoms. The van der Waals surface area contributed by atoms with E-state index in [-0.39, 0.29) is 16.4 Å². The van der Waals surface area contributed by atoms with Crippen molar-refractivity contribution < 1.29 is 17.7 Å². The lowest BCUT2D eigenvalue weighted by molar-refractivity contribution is 0.103. The zero-order chi connectivity index (χ0) is 14.9. The normalized spacial score (nSPS) is 11.3. The number of carbonyl (C=O) groups excluding carboxylic acids is 1. The first-order valence-corrected chi connectivity index (χ1v) is 7.72. The molecule has 0 radical (unpaired) electrons. The minimum Gasteiger partial charge on any atom is -0.387 e. The van der Waals surface area contributed by atoms with Gasteiger partial charge in [-0.05, 0) is 24.6 Å². The van der Waals surface area contributed by atoms with Gasteiger partial charge in [0.05, 0.1) is 10.6 Å². The van der Waals surface area contributed by atoms with E-state index in [0.29, 0.717) is 16.8 Å². The lowest BCUT2D eigenvalue weighted by atomic mass is 10.0. The van der Waals surface area contributed by atoms with Crippen LogP contribution in [0, 0.1) is 6.92 Å². The Bertz CT molecular complexity index is 749. The molecule has 106 valence electrons. The second-order valence-electron chi connectivity index (χ2n) is 4.35. The lowest BCUT2D eigenvalue weighted by Crippen LogP contribution is -2.10. The molecule has 0 aliphatic heterocycles. The molecule has 1 heterocycles. The monoisotopic (exact) mass is 294 g/mol. The van der Waals surface area contributed by atoms with E-state index in [1.54, 1.807) is 14.0 Å². The van der Waals surface area contributed by atoms with Gasteiger partial charge in [0.15, 0.2) is 15.5 Å². The minimum atomic E-state index is -3.37. The second-order valence-corrected chi connectivity index (χ2v) is 6.33. The summed E-state index contributed by atoms with van der Waals surface area (Å²) in [6.45, 7) is 1.69. The molecule has 1 aromatic heterocycles. The van der Waals surface area contributed by atoms with Crippen molar-refractivity contribution in [1.29, 1.82) is 0 Å². The average Bonchev–Trinajstić information content (AvgIpc) is 2.90. The molecular formula is C13H14N2O4S. The second kappa shape index (κ2) is 5.09. The van der Waals surface area contributed by atoms with Gasteiger partial charge in [0.25, 0.3) is 0 Å². The molecule has 0 saturated heterocycles. The number of sulfone groups is 1. The maximum atomic E-state index is 12.3. The van der Waals surface area contributed by atoms with E-state index in [9.17, 15) is 13.2 Å².